The van der Waals surface area contributed by atoms with Gasteiger partial charge in [-0.3, -0.25) is 4.79 Å². The third-order valence-corrected chi connectivity index (χ3v) is 5.07. The van der Waals surface area contributed by atoms with Crippen LogP contribution in [0.2, 0.25) is 0 Å². The predicted molar refractivity (Wildman–Crippen MR) is 93.5 cm³/mol. The molecule has 0 saturated carbocycles. The van der Waals surface area contributed by atoms with Crippen molar-refractivity contribution in [2.75, 3.05) is 17.2 Å². The van der Waals surface area contributed by atoms with Gasteiger partial charge < -0.3 is 10.6 Å². The van der Waals surface area contributed by atoms with Crippen molar-refractivity contribution in [3.05, 3.63) is 29.6 Å². The van der Waals surface area contributed by atoms with E-state index in [-0.39, 0.29) is 0 Å². The molecular formula is C15H17F3N4OS2. The molecule has 0 saturated heterocycles. The van der Waals surface area contributed by atoms with Gasteiger partial charge in [-0.1, -0.05) is 36.9 Å². The molecule has 1 aromatic carbocycles. The molecule has 0 aliphatic heterocycles. The molecule has 1 aromatic heterocycles. The van der Waals surface area contributed by atoms with E-state index in [1.165, 1.54) is 11.3 Å². The number of benzene rings is 1. The molecule has 0 radical (unpaired) electrons. The van der Waals surface area contributed by atoms with Gasteiger partial charge >= 0.3 is 0 Å². The Labute approximate surface area is 151 Å². The first-order valence-electron chi connectivity index (χ1n) is 7.46. The highest BCUT2D eigenvalue weighted by atomic mass is 32.2. The highest BCUT2D eigenvalue weighted by Crippen LogP contribution is 2.30. The first-order valence-corrected chi connectivity index (χ1v) is 9.16. The van der Waals surface area contributed by atoms with Crippen molar-refractivity contribution < 1.29 is 18.0 Å². The van der Waals surface area contributed by atoms with Crippen LogP contribution in [0.4, 0.5) is 24.0 Å². The molecule has 10 heteroatoms. The second kappa shape index (κ2) is 8.52. The summed E-state index contributed by atoms with van der Waals surface area (Å²) in [5.74, 6) is -4.46. The first-order chi connectivity index (χ1) is 11.8. The van der Waals surface area contributed by atoms with E-state index in [9.17, 15) is 18.0 Å². The largest absolute Gasteiger partial charge is 0.360 e. The van der Waals surface area contributed by atoms with Gasteiger partial charge in [0.25, 0.3) is 0 Å². The van der Waals surface area contributed by atoms with Crippen molar-refractivity contribution in [2.45, 2.75) is 30.4 Å². The maximum Gasteiger partial charge on any atom is 0.237 e. The van der Waals surface area contributed by atoms with E-state index in [0.29, 0.717) is 15.4 Å². The lowest BCUT2D eigenvalue weighted by Gasteiger charge is -2.11. The predicted octanol–water partition coefficient (Wildman–Crippen LogP) is 4.14. The van der Waals surface area contributed by atoms with Crippen LogP contribution in [0.5, 0.6) is 0 Å². The van der Waals surface area contributed by atoms with Gasteiger partial charge in [-0.05, 0) is 25.0 Å². The molecule has 1 amide bonds. The van der Waals surface area contributed by atoms with E-state index in [1.807, 2.05) is 0 Å². The molecule has 0 spiro atoms. The van der Waals surface area contributed by atoms with Crippen LogP contribution in [0.3, 0.4) is 0 Å². The molecule has 0 unspecified atom stereocenters. The molecule has 1 heterocycles. The number of rotatable bonds is 7. The number of halogens is 3. The Morgan fingerprint density at radius 2 is 1.92 bits per heavy atom. The van der Waals surface area contributed by atoms with Gasteiger partial charge in [0.2, 0.25) is 11.0 Å². The number of anilines is 2. The quantitative estimate of drug-likeness (QED) is 0.549. The van der Waals surface area contributed by atoms with E-state index in [2.05, 4.69) is 34.7 Å². The van der Waals surface area contributed by atoms with Crippen molar-refractivity contribution in [1.29, 1.82) is 0 Å². The lowest BCUT2D eigenvalue weighted by molar-refractivity contribution is -0.115. The zero-order valence-corrected chi connectivity index (χ0v) is 15.4. The molecule has 5 nitrogen and oxygen atoms in total. The van der Waals surface area contributed by atoms with Gasteiger partial charge in [0.1, 0.15) is 0 Å². The lowest BCUT2D eigenvalue weighted by atomic mass is 10.2. The molecule has 0 aliphatic rings. The van der Waals surface area contributed by atoms with E-state index >= 15 is 0 Å². The van der Waals surface area contributed by atoms with Crippen molar-refractivity contribution in [3.63, 3.8) is 0 Å². The number of hydrogen-bond acceptors (Lipinski definition) is 6. The lowest BCUT2D eigenvalue weighted by Crippen LogP contribution is -2.23. The number of carbonyl (C=O) groups is 1. The third-order valence-electron chi connectivity index (χ3n) is 3.01. The van der Waals surface area contributed by atoms with Gasteiger partial charge in [-0.2, -0.15) is 0 Å². The maximum absolute atomic E-state index is 13.6. The summed E-state index contributed by atoms with van der Waals surface area (Å²) in [4.78, 5) is 12.1. The topological polar surface area (TPSA) is 66.9 Å². The van der Waals surface area contributed by atoms with Crippen molar-refractivity contribution in [3.8, 4) is 0 Å². The zero-order valence-electron chi connectivity index (χ0n) is 13.8. The van der Waals surface area contributed by atoms with Gasteiger partial charge in [-0.15, -0.1) is 10.2 Å². The van der Waals surface area contributed by atoms with Gasteiger partial charge in [-0.25, -0.2) is 13.2 Å². The summed E-state index contributed by atoms with van der Waals surface area (Å²) in [6.07, 6.45) is 0. The molecule has 2 N–H and O–H groups in total. The van der Waals surface area contributed by atoms with Gasteiger partial charge in [0.15, 0.2) is 21.8 Å². The molecule has 2 rings (SSSR count). The average Bonchev–Trinajstić information content (AvgIpc) is 3.00. The molecule has 2 aromatic rings. The van der Waals surface area contributed by atoms with Gasteiger partial charge in [0, 0.05) is 6.54 Å². The van der Waals surface area contributed by atoms with Crippen LogP contribution in [0.15, 0.2) is 16.5 Å². The number of aromatic nitrogens is 2. The van der Waals surface area contributed by atoms with Crippen molar-refractivity contribution >= 4 is 39.8 Å². The minimum absolute atomic E-state index is 0.409. The molecule has 0 aliphatic carbocycles. The van der Waals surface area contributed by atoms with Crippen LogP contribution in [0.25, 0.3) is 0 Å². The summed E-state index contributed by atoms with van der Waals surface area (Å²) in [5.41, 5.74) is -0.409. The molecule has 25 heavy (non-hydrogen) atoms. The standard InChI is InChI=1S/C15H17F3N4OS2/c1-7(2)6-19-14-21-22-15(25-14)24-8(3)13(23)20-10-5-4-9(16)11(17)12(10)18/h4-5,7-8H,6H2,1-3H3,(H,19,21)(H,20,23)/t8-/m1/s1. The fourth-order valence-electron chi connectivity index (χ4n) is 1.68. The Bertz CT molecular complexity index is 754. The summed E-state index contributed by atoms with van der Waals surface area (Å²) < 4.78 is 40.3. The summed E-state index contributed by atoms with van der Waals surface area (Å²) in [7, 11) is 0. The third kappa shape index (κ3) is 5.33. The minimum atomic E-state index is -1.62. The fraction of sp³-hybridized carbons (Fsp3) is 0.400. The molecule has 0 bridgehead atoms. The second-order valence-electron chi connectivity index (χ2n) is 5.62. The Morgan fingerprint density at radius 1 is 1.20 bits per heavy atom. The summed E-state index contributed by atoms with van der Waals surface area (Å²) in [6, 6.07) is 1.73. The first kappa shape index (κ1) is 19.5. The van der Waals surface area contributed by atoms with Crippen LogP contribution >= 0.6 is 23.1 Å². The Balaban J connectivity index is 1.95. The van der Waals surface area contributed by atoms with Crippen LogP contribution in [-0.4, -0.2) is 27.9 Å². The number of nitrogens with zero attached hydrogens (tertiary/aromatic N) is 2. The van der Waals surface area contributed by atoms with E-state index in [1.54, 1.807) is 6.92 Å². The molecular weight excluding hydrogens is 373 g/mol. The number of amides is 1. The second-order valence-corrected chi connectivity index (χ2v) is 8.19. The Hall–Kier alpha value is -1.81. The van der Waals surface area contributed by atoms with E-state index < -0.39 is 34.3 Å². The fourth-order valence-corrected chi connectivity index (χ4v) is 3.58. The van der Waals surface area contributed by atoms with Crippen LogP contribution in [0, 0.1) is 23.4 Å². The molecule has 1 atom stereocenters. The van der Waals surface area contributed by atoms with E-state index in [4.69, 9.17) is 0 Å². The van der Waals surface area contributed by atoms with Crippen LogP contribution in [0.1, 0.15) is 20.8 Å². The van der Waals surface area contributed by atoms with Crippen molar-refractivity contribution in [2.24, 2.45) is 5.92 Å². The average molecular weight is 390 g/mol. The van der Waals surface area contributed by atoms with Crippen LogP contribution in [-0.2, 0) is 4.79 Å². The number of carbonyl (C=O) groups excluding carboxylic acids is 1. The maximum atomic E-state index is 13.6. The zero-order chi connectivity index (χ0) is 18.6. The smallest absolute Gasteiger partial charge is 0.237 e. The molecule has 136 valence electrons. The minimum Gasteiger partial charge on any atom is -0.360 e. The van der Waals surface area contributed by atoms with E-state index in [0.717, 1.165) is 30.4 Å². The van der Waals surface area contributed by atoms with Crippen LogP contribution < -0.4 is 10.6 Å². The number of thioether (sulfide) groups is 1. The summed E-state index contributed by atoms with van der Waals surface area (Å²) in [5, 5.41) is 13.3. The monoisotopic (exact) mass is 390 g/mol. The summed E-state index contributed by atoms with van der Waals surface area (Å²) in [6.45, 7) is 6.48. The molecule has 0 fully saturated rings. The Morgan fingerprint density at radius 3 is 2.60 bits per heavy atom. The normalized spacial score (nSPS) is 12.3. The highest BCUT2D eigenvalue weighted by Gasteiger charge is 2.20. The Kier molecular flexibility index (Phi) is 6.65. The highest BCUT2D eigenvalue weighted by molar-refractivity contribution is 8.02. The number of nitrogens with one attached hydrogen (secondary N) is 2. The van der Waals surface area contributed by atoms with Gasteiger partial charge in [0.05, 0.1) is 10.9 Å². The number of hydrogen-bond donors (Lipinski definition) is 2. The van der Waals surface area contributed by atoms with Crippen molar-refractivity contribution in [1.82, 2.24) is 10.2 Å². The SMILES string of the molecule is CC(C)CNc1nnc(S[C@H](C)C(=O)Nc2ccc(F)c(F)c2F)s1. The summed E-state index contributed by atoms with van der Waals surface area (Å²) >= 11 is 2.44.